The quantitative estimate of drug-likeness (QED) is 0.649. The van der Waals surface area contributed by atoms with Gasteiger partial charge in [0.15, 0.2) is 0 Å². The minimum absolute atomic E-state index is 0.102. The first kappa shape index (κ1) is 14.4. The van der Waals surface area contributed by atoms with Crippen molar-refractivity contribution in [2.75, 3.05) is 6.54 Å². The molecule has 1 fully saturated rings. The van der Waals surface area contributed by atoms with E-state index in [4.69, 9.17) is 5.11 Å². The lowest BCUT2D eigenvalue weighted by molar-refractivity contribution is -0.140. The monoisotopic (exact) mass is 264 g/mol. The molecule has 6 nitrogen and oxygen atoms in total. The number of nitrogens with one attached hydrogen (secondary N) is 2. The van der Waals surface area contributed by atoms with Crippen LogP contribution in [0, 0.1) is 5.92 Å². The highest BCUT2D eigenvalue weighted by Gasteiger charge is 2.32. The van der Waals surface area contributed by atoms with E-state index in [-0.39, 0.29) is 12.5 Å². The van der Waals surface area contributed by atoms with Crippen LogP contribution in [-0.2, 0) is 15.0 Å². The Morgan fingerprint density at radius 2 is 1.94 bits per heavy atom. The van der Waals surface area contributed by atoms with Crippen LogP contribution in [0.15, 0.2) is 0 Å². The summed E-state index contributed by atoms with van der Waals surface area (Å²) in [4.78, 5) is 11.1. The molecule has 17 heavy (non-hydrogen) atoms. The molecule has 1 aliphatic carbocycles. The summed E-state index contributed by atoms with van der Waals surface area (Å²) < 4.78 is 27.5. The van der Waals surface area contributed by atoms with E-state index in [1.807, 2.05) is 0 Å². The SMILES string of the molecule is CCNS(=O)(=O)NC(C(=O)O)C1CCCCC1. The molecular formula is C10H20N2O4S. The normalized spacial score (nSPS) is 20.1. The molecule has 0 aliphatic heterocycles. The van der Waals surface area contributed by atoms with Gasteiger partial charge >= 0.3 is 5.97 Å². The fourth-order valence-electron chi connectivity index (χ4n) is 2.21. The molecule has 3 N–H and O–H groups in total. The van der Waals surface area contributed by atoms with Gasteiger partial charge in [0.05, 0.1) is 0 Å². The molecule has 1 saturated carbocycles. The van der Waals surface area contributed by atoms with Crippen LogP contribution in [0.2, 0.25) is 0 Å². The van der Waals surface area contributed by atoms with Crippen molar-refractivity contribution in [3.63, 3.8) is 0 Å². The molecule has 0 aromatic heterocycles. The van der Waals surface area contributed by atoms with E-state index in [1.54, 1.807) is 6.92 Å². The van der Waals surface area contributed by atoms with E-state index in [1.165, 1.54) is 0 Å². The van der Waals surface area contributed by atoms with Crippen molar-refractivity contribution in [1.29, 1.82) is 0 Å². The molecule has 0 amide bonds. The third-order valence-electron chi connectivity index (χ3n) is 3.00. The van der Waals surface area contributed by atoms with E-state index >= 15 is 0 Å². The molecule has 0 heterocycles. The van der Waals surface area contributed by atoms with E-state index in [2.05, 4.69) is 9.44 Å². The molecule has 0 spiro atoms. The number of carboxylic acids is 1. The second kappa shape index (κ2) is 6.32. The second-order valence-corrected chi connectivity index (χ2v) is 5.86. The summed E-state index contributed by atoms with van der Waals surface area (Å²) in [6.07, 6.45) is 4.58. The second-order valence-electron chi connectivity index (χ2n) is 4.33. The highest BCUT2D eigenvalue weighted by molar-refractivity contribution is 7.87. The van der Waals surface area contributed by atoms with Crippen molar-refractivity contribution in [1.82, 2.24) is 9.44 Å². The van der Waals surface area contributed by atoms with Crippen molar-refractivity contribution < 1.29 is 18.3 Å². The van der Waals surface area contributed by atoms with Gasteiger partial charge in [-0.2, -0.15) is 13.1 Å². The lowest BCUT2D eigenvalue weighted by Crippen LogP contribution is -2.50. The Balaban J connectivity index is 2.69. The lowest BCUT2D eigenvalue weighted by atomic mass is 9.84. The van der Waals surface area contributed by atoms with Gasteiger partial charge in [0.2, 0.25) is 0 Å². The van der Waals surface area contributed by atoms with Gasteiger partial charge < -0.3 is 5.11 Å². The predicted molar refractivity (Wildman–Crippen MR) is 63.7 cm³/mol. The third-order valence-corrected chi connectivity index (χ3v) is 4.24. The summed E-state index contributed by atoms with van der Waals surface area (Å²) >= 11 is 0. The maximum atomic E-state index is 11.5. The third kappa shape index (κ3) is 4.61. The first-order chi connectivity index (χ1) is 7.96. The number of carbonyl (C=O) groups is 1. The van der Waals surface area contributed by atoms with Gasteiger partial charge in [0, 0.05) is 6.54 Å². The molecule has 0 aromatic carbocycles. The smallest absolute Gasteiger partial charge is 0.322 e. The van der Waals surface area contributed by atoms with E-state index in [9.17, 15) is 13.2 Å². The van der Waals surface area contributed by atoms with Crippen molar-refractivity contribution in [3.8, 4) is 0 Å². The Hall–Kier alpha value is -0.660. The number of carboxylic acid groups (broad SMARTS) is 1. The molecule has 0 bridgehead atoms. The largest absolute Gasteiger partial charge is 0.480 e. The molecular weight excluding hydrogens is 244 g/mol. The maximum Gasteiger partial charge on any atom is 0.322 e. The summed E-state index contributed by atoms with van der Waals surface area (Å²) in [6.45, 7) is 1.89. The average Bonchev–Trinajstić information content (AvgIpc) is 2.27. The minimum Gasteiger partial charge on any atom is -0.480 e. The van der Waals surface area contributed by atoms with Crippen molar-refractivity contribution in [2.24, 2.45) is 5.92 Å². The fourth-order valence-corrected chi connectivity index (χ4v) is 3.31. The zero-order valence-corrected chi connectivity index (χ0v) is 10.8. The first-order valence-corrected chi connectivity index (χ1v) is 7.44. The topological polar surface area (TPSA) is 95.5 Å². The van der Waals surface area contributed by atoms with Crippen molar-refractivity contribution in [2.45, 2.75) is 45.1 Å². The molecule has 0 aromatic rings. The zero-order chi connectivity index (χ0) is 12.9. The van der Waals surface area contributed by atoms with Crippen LogP contribution in [0.4, 0.5) is 0 Å². The van der Waals surface area contributed by atoms with E-state index < -0.39 is 22.2 Å². The number of rotatable bonds is 6. The van der Waals surface area contributed by atoms with Gasteiger partial charge in [0.25, 0.3) is 10.2 Å². The van der Waals surface area contributed by atoms with Gasteiger partial charge in [-0.05, 0) is 18.8 Å². The van der Waals surface area contributed by atoms with Crippen LogP contribution >= 0.6 is 0 Å². The van der Waals surface area contributed by atoms with Gasteiger partial charge in [-0.25, -0.2) is 4.72 Å². The highest BCUT2D eigenvalue weighted by Crippen LogP contribution is 2.26. The van der Waals surface area contributed by atoms with Crippen LogP contribution in [0.5, 0.6) is 0 Å². The Bertz CT molecular complexity index is 349. The first-order valence-electron chi connectivity index (χ1n) is 5.96. The van der Waals surface area contributed by atoms with Crippen LogP contribution in [0.25, 0.3) is 0 Å². The van der Waals surface area contributed by atoms with Crippen LogP contribution in [0.3, 0.4) is 0 Å². The molecule has 0 saturated heterocycles. The predicted octanol–water partition coefficient (Wildman–Crippen LogP) is 0.464. The fraction of sp³-hybridized carbons (Fsp3) is 0.900. The number of hydrogen-bond donors (Lipinski definition) is 3. The summed E-state index contributed by atoms with van der Waals surface area (Å²) in [5, 5.41) is 9.10. The summed E-state index contributed by atoms with van der Waals surface area (Å²) in [7, 11) is -3.71. The van der Waals surface area contributed by atoms with Gasteiger partial charge in [-0.3, -0.25) is 4.79 Å². The zero-order valence-electron chi connectivity index (χ0n) is 9.98. The Morgan fingerprint density at radius 3 is 2.41 bits per heavy atom. The Labute approximate surface area is 102 Å². The number of hydrogen-bond acceptors (Lipinski definition) is 3. The maximum absolute atomic E-state index is 11.5. The summed E-state index contributed by atoms with van der Waals surface area (Å²) in [6, 6.07) is -1.01. The standard InChI is InChI=1S/C10H20N2O4S/c1-2-11-17(15,16)12-9(10(13)14)8-6-4-3-5-7-8/h8-9,11-12H,2-7H2,1H3,(H,13,14). The molecule has 1 atom stereocenters. The van der Waals surface area contributed by atoms with E-state index in [0.717, 1.165) is 32.1 Å². The van der Waals surface area contributed by atoms with Gasteiger partial charge in [-0.1, -0.05) is 26.2 Å². The average molecular weight is 264 g/mol. The van der Waals surface area contributed by atoms with Crippen molar-refractivity contribution >= 4 is 16.2 Å². The number of aliphatic carboxylic acids is 1. The molecule has 0 radical (unpaired) electrons. The van der Waals surface area contributed by atoms with Crippen LogP contribution < -0.4 is 9.44 Å². The minimum atomic E-state index is -3.71. The molecule has 1 rings (SSSR count). The van der Waals surface area contributed by atoms with Crippen LogP contribution in [-0.4, -0.2) is 32.1 Å². The highest BCUT2D eigenvalue weighted by atomic mass is 32.2. The van der Waals surface area contributed by atoms with E-state index in [0.29, 0.717) is 0 Å². The Kier molecular flexibility index (Phi) is 5.35. The molecule has 1 unspecified atom stereocenters. The van der Waals surface area contributed by atoms with Gasteiger partial charge in [-0.15, -0.1) is 0 Å². The Morgan fingerprint density at radius 1 is 1.35 bits per heavy atom. The molecule has 1 aliphatic rings. The molecule has 7 heteroatoms. The van der Waals surface area contributed by atoms with Crippen molar-refractivity contribution in [3.05, 3.63) is 0 Å². The lowest BCUT2D eigenvalue weighted by Gasteiger charge is -2.27. The summed E-state index contributed by atoms with van der Waals surface area (Å²) in [5.41, 5.74) is 0. The van der Waals surface area contributed by atoms with Gasteiger partial charge in [0.1, 0.15) is 6.04 Å². The summed E-state index contributed by atoms with van der Waals surface area (Å²) in [5.74, 6) is -1.20. The van der Waals surface area contributed by atoms with Crippen LogP contribution in [0.1, 0.15) is 39.0 Å². The molecule has 100 valence electrons.